The summed E-state index contributed by atoms with van der Waals surface area (Å²) in [6.45, 7) is 1.07. The third-order valence-corrected chi connectivity index (χ3v) is 3.57. The largest absolute Gasteiger partial charge is 0.490 e. The van der Waals surface area contributed by atoms with E-state index in [0.717, 1.165) is 17.2 Å². The zero-order chi connectivity index (χ0) is 13.8. The van der Waals surface area contributed by atoms with Gasteiger partial charge in [-0.05, 0) is 66.8 Å². The average Bonchev–Trinajstić information content (AvgIpc) is 2.93. The summed E-state index contributed by atoms with van der Waals surface area (Å²) in [7, 11) is 0. The molecule has 0 amide bonds. The highest BCUT2D eigenvalue weighted by atomic mass is 16.5. The Balaban J connectivity index is 1.47. The number of fused-ring (bicyclic) bond motifs is 1. The minimum absolute atomic E-state index is 0.529. The molecule has 3 rings (SSSR count). The number of nitrogen functional groups attached to an aromatic ring is 1. The van der Waals surface area contributed by atoms with Gasteiger partial charge in [-0.3, -0.25) is 0 Å². The van der Waals surface area contributed by atoms with Crippen molar-refractivity contribution in [2.45, 2.75) is 19.3 Å². The first-order chi connectivity index (χ1) is 9.81. The van der Waals surface area contributed by atoms with Crippen LogP contribution in [0.4, 0.5) is 5.69 Å². The molecular formula is C17H19NO2. The van der Waals surface area contributed by atoms with Gasteiger partial charge in [-0.15, -0.1) is 0 Å². The lowest BCUT2D eigenvalue weighted by Gasteiger charge is -2.09. The second-order valence-corrected chi connectivity index (χ2v) is 5.05. The molecule has 2 N–H and O–H groups in total. The lowest BCUT2D eigenvalue weighted by atomic mass is 10.1. The molecule has 104 valence electrons. The van der Waals surface area contributed by atoms with Gasteiger partial charge in [0.15, 0.2) is 0 Å². The maximum atomic E-state index is 5.73. The molecule has 0 spiro atoms. The number of anilines is 1. The van der Waals surface area contributed by atoms with Gasteiger partial charge in [0.25, 0.3) is 0 Å². The highest BCUT2D eigenvalue weighted by Gasteiger charge is 2.10. The molecule has 0 unspecified atom stereocenters. The predicted molar refractivity (Wildman–Crippen MR) is 80.3 cm³/mol. The fraction of sp³-hybridized carbons (Fsp3) is 0.294. The summed E-state index contributed by atoms with van der Waals surface area (Å²) in [4.78, 5) is 0. The summed E-state index contributed by atoms with van der Waals surface area (Å²) in [6, 6.07) is 13.8. The zero-order valence-electron chi connectivity index (χ0n) is 11.5. The molecule has 0 bridgehead atoms. The van der Waals surface area contributed by atoms with Crippen molar-refractivity contribution in [3.63, 3.8) is 0 Å². The van der Waals surface area contributed by atoms with E-state index in [4.69, 9.17) is 15.2 Å². The second kappa shape index (κ2) is 5.87. The number of aryl methyl sites for hydroxylation is 2. The Labute approximate surface area is 119 Å². The van der Waals surface area contributed by atoms with Crippen molar-refractivity contribution >= 4 is 5.69 Å². The van der Waals surface area contributed by atoms with Gasteiger partial charge in [0, 0.05) is 5.69 Å². The minimum atomic E-state index is 0.529. The Kier molecular flexibility index (Phi) is 3.77. The van der Waals surface area contributed by atoms with Gasteiger partial charge < -0.3 is 15.2 Å². The molecule has 20 heavy (non-hydrogen) atoms. The van der Waals surface area contributed by atoms with Crippen LogP contribution >= 0.6 is 0 Å². The topological polar surface area (TPSA) is 44.5 Å². The van der Waals surface area contributed by atoms with Crippen LogP contribution in [0.5, 0.6) is 11.5 Å². The lowest BCUT2D eigenvalue weighted by Crippen LogP contribution is -2.09. The summed E-state index contributed by atoms with van der Waals surface area (Å²) >= 11 is 0. The fourth-order valence-corrected chi connectivity index (χ4v) is 2.52. The van der Waals surface area contributed by atoms with E-state index in [-0.39, 0.29) is 0 Å². The SMILES string of the molecule is Nc1ccc(OCCOc2ccc3c(c2)CCC3)cc1. The molecule has 2 aromatic rings. The van der Waals surface area contributed by atoms with Crippen molar-refractivity contribution in [1.82, 2.24) is 0 Å². The number of rotatable bonds is 5. The first-order valence-electron chi connectivity index (χ1n) is 7.04. The Morgan fingerprint density at radius 2 is 1.45 bits per heavy atom. The first kappa shape index (κ1) is 12.9. The Bertz CT molecular complexity index is 578. The summed E-state index contributed by atoms with van der Waals surface area (Å²) in [5.41, 5.74) is 9.26. The lowest BCUT2D eigenvalue weighted by molar-refractivity contribution is 0.217. The molecule has 0 heterocycles. The molecule has 0 aliphatic heterocycles. The number of ether oxygens (including phenoxy) is 2. The van der Waals surface area contributed by atoms with Gasteiger partial charge in [0.2, 0.25) is 0 Å². The molecule has 3 nitrogen and oxygen atoms in total. The number of hydrogen-bond donors (Lipinski definition) is 1. The standard InChI is InChI=1S/C17H19NO2/c18-15-5-8-16(9-6-15)19-10-11-20-17-7-4-13-2-1-3-14(13)12-17/h4-9,12H,1-3,10-11,18H2. The molecule has 0 radical (unpaired) electrons. The van der Waals surface area contributed by atoms with E-state index in [2.05, 4.69) is 12.1 Å². The minimum Gasteiger partial charge on any atom is -0.490 e. The first-order valence-corrected chi connectivity index (χ1v) is 7.04. The van der Waals surface area contributed by atoms with Crippen LogP contribution in [-0.4, -0.2) is 13.2 Å². The highest BCUT2D eigenvalue weighted by molar-refractivity contribution is 5.41. The fourth-order valence-electron chi connectivity index (χ4n) is 2.52. The van der Waals surface area contributed by atoms with E-state index in [1.165, 1.54) is 30.4 Å². The monoisotopic (exact) mass is 269 g/mol. The van der Waals surface area contributed by atoms with E-state index >= 15 is 0 Å². The molecule has 0 fully saturated rings. The van der Waals surface area contributed by atoms with Gasteiger partial charge in [-0.1, -0.05) is 6.07 Å². The smallest absolute Gasteiger partial charge is 0.122 e. The molecule has 2 aromatic carbocycles. The van der Waals surface area contributed by atoms with Crippen molar-refractivity contribution in [2.24, 2.45) is 0 Å². The molecule has 1 aliphatic carbocycles. The van der Waals surface area contributed by atoms with Crippen molar-refractivity contribution < 1.29 is 9.47 Å². The van der Waals surface area contributed by atoms with Crippen LogP contribution in [0.3, 0.4) is 0 Å². The highest BCUT2D eigenvalue weighted by Crippen LogP contribution is 2.25. The molecular weight excluding hydrogens is 250 g/mol. The van der Waals surface area contributed by atoms with Crippen LogP contribution in [0, 0.1) is 0 Å². The summed E-state index contributed by atoms with van der Waals surface area (Å²) < 4.78 is 11.3. The normalized spacial score (nSPS) is 13.0. The van der Waals surface area contributed by atoms with E-state index in [1.54, 1.807) is 0 Å². The summed E-state index contributed by atoms with van der Waals surface area (Å²) in [5, 5.41) is 0. The summed E-state index contributed by atoms with van der Waals surface area (Å²) in [5.74, 6) is 1.75. The summed E-state index contributed by atoms with van der Waals surface area (Å²) in [6.07, 6.45) is 3.64. The van der Waals surface area contributed by atoms with Gasteiger partial charge in [-0.25, -0.2) is 0 Å². The zero-order valence-corrected chi connectivity index (χ0v) is 11.5. The van der Waals surface area contributed by atoms with Crippen LogP contribution < -0.4 is 15.2 Å². The van der Waals surface area contributed by atoms with Crippen molar-refractivity contribution in [3.8, 4) is 11.5 Å². The van der Waals surface area contributed by atoms with E-state index in [0.29, 0.717) is 13.2 Å². The van der Waals surface area contributed by atoms with Crippen molar-refractivity contribution in [1.29, 1.82) is 0 Å². The van der Waals surface area contributed by atoms with E-state index < -0.39 is 0 Å². The van der Waals surface area contributed by atoms with E-state index in [1.807, 2.05) is 30.3 Å². The third kappa shape index (κ3) is 3.05. The van der Waals surface area contributed by atoms with Gasteiger partial charge >= 0.3 is 0 Å². The van der Waals surface area contributed by atoms with Crippen molar-refractivity contribution in [3.05, 3.63) is 53.6 Å². The maximum Gasteiger partial charge on any atom is 0.122 e. The van der Waals surface area contributed by atoms with Gasteiger partial charge in [0.05, 0.1) is 0 Å². The van der Waals surface area contributed by atoms with Crippen LogP contribution in [-0.2, 0) is 12.8 Å². The van der Waals surface area contributed by atoms with E-state index in [9.17, 15) is 0 Å². The number of nitrogens with two attached hydrogens (primary N) is 1. The quantitative estimate of drug-likeness (QED) is 0.669. The second-order valence-electron chi connectivity index (χ2n) is 5.05. The number of hydrogen-bond acceptors (Lipinski definition) is 3. The van der Waals surface area contributed by atoms with Gasteiger partial charge in [0.1, 0.15) is 24.7 Å². The van der Waals surface area contributed by atoms with Crippen molar-refractivity contribution in [2.75, 3.05) is 18.9 Å². The molecule has 1 aliphatic rings. The average molecular weight is 269 g/mol. The molecule has 0 saturated heterocycles. The molecule has 3 heteroatoms. The Morgan fingerprint density at radius 1 is 0.800 bits per heavy atom. The Morgan fingerprint density at radius 3 is 2.25 bits per heavy atom. The van der Waals surface area contributed by atoms with Crippen LogP contribution in [0.15, 0.2) is 42.5 Å². The van der Waals surface area contributed by atoms with Gasteiger partial charge in [-0.2, -0.15) is 0 Å². The molecule has 0 saturated carbocycles. The number of benzene rings is 2. The van der Waals surface area contributed by atoms with Crippen LogP contribution in [0.2, 0.25) is 0 Å². The molecule has 0 aromatic heterocycles. The molecule has 0 atom stereocenters. The van der Waals surface area contributed by atoms with Crippen LogP contribution in [0.25, 0.3) is 0 Å². The third-order valence-electron chi connectivity index (χ3n) is 3.57. The van der Waals surface area contributed by atoms with Crippen LogP contribution in [0.1, 0.15) is 17.5 Å². The Hall–Kier alpha value is -2.16. The predicted octanol–water partition coefficient (Wildman–Crippen LogP) is 3.22. The maximum absolute atomic E-state index is 5.73.